The molecule has 0 spiro atoms. The van der Waals surface area contributed by atoms with E-state index >= 15 is 0 Å². The van der Waals surface area contributed by atoms with Gasteiger partial charge in [-0.05, 0) is 43.4 Å². The number of anilines is 1. The van der Waals surface area contributed by atoms with Gasteiger partial charge in [-0.1, -0.05) is 31.9 Å². The van der Waals surface area contributed by atoms with Gasteiger partial charge in [-0.25, -0.2) is 4.79 Å². The van der Waals surface area contributed by atoms with E-state index in [0.29, 0.717) is 12.0 Å². The smallest absolute Gasteiger partial charge is 0.321 e. The van der Waals surface area contributed by atoms with Gasteiger partial charge in [0.1, 0.15) is 0 Å². The van der Waals surface area contributed by atoms with Gasteiger partial charge in [-0.3, -0.25) is 0 Å². The van der Waals surface area contributed by atoms with Crippen LogP contribution in [0.2, 0.25) is 0 Å². The fourth-order valence-electron chi connectivity index (χ4n) is 3.08. The maximum absolute atomic E-state index is 12.3. The van der Waals surface area contributed by atoms with Gasteiger partial charge in [0.2, 0.25) is 0 Å². The van der Waals surface area contributed by atoms with Crippen molar-refractivity contribution in [3.05, 3.63) is 29.8 Å². The molecule has 3 atom stereocenters. The molecule has 0 radical (unpaired) electrons. The highest BCUT2D eigenvalue weighted by Gasteiger charge is 2.27. The van der Waals surface area contributed by atoms with Crippen LogP contribution in [0.5, 0.6) is 0 Å². The van der Waals surface area contributed by atoms with Gasteiger partial charge in [-0.2, -0.15) is 0 Å². The van der Waals surface area contributed by atoms with Crippen LogP contribution in [0.25, 0.3) is 0 Å². The summed E-state index contributed by atoms with van der Waals surface area (Å²) in [6, 6.07) is 7.61. The number of carbonyl (C=O) groups excluding carboxylic acids is 1. The second-order valence-corrected chi connectivity index (χ2v) is 6.17. The molecule has 2 rings (SSSR count). The minimum atomic E-state index is -0.486. The molecule has 1 aliphatic carbocycles. The molecular weight excluding hydrogens is 264 g/mol. The molecule has 1 aliphatic rings. The Morgan fingerprint density at radius 2 is 1.90 bits per heavy atom. The zero-order valence-corrected chi connectivity index (χ0v) is 13.2. The second kappa shape index (κ2) is 6.94. The lowest BCUT2D eigenvalue weighted by Crippen LogP contribution is -2.44. The highest BCUT2D eigenvalue weighted by Crippen LogP contribution is 2.27. The van der Waals surface area contributed by atoms with Crippen LogP contribution in [0.3, 0.4) is 0 Å². The highest BCUT2D eigenvalue weighted by molar-refractivity contribution is 5.89. The molecule has 0 saturated heterocycles. The van der Waals surface area contributed by atoms with Crippen molar-refractivity contribution in [3.63, 3.8) is 0 Å². The van der Waals surface area contributed by atoms with E-state index < -0.39 is 6.10 Å². The molecule has 0 bridgehead atoms. The quantitative estimate of drug-likeness (QED) is 0.890. The Morgan fingerprint density at radius 3 is 2.48 bits per heavy atom. The van der Waals surface area contributed by atoms with Crippen LogP contribution in [-0.2, 0) is 0 Å². The van der Waals surface area contributed by atoms with Crippen LogP contribution in [0.4, 0.5) is 10.5 Å². The first-order valence-corrected chi connectivity index (χ1v) is 7.81. The van der Waals surface area contributed by atoms with E-state index in [0.717, 1.165) is 17.7 Å². The molecule has 21 heavy (non-hydrogen) atoms. The molecule has 4 heteroatoms. The first-order chi connectivity index (χ1) is 9.99. The minimum Gasteiger partial charge on any atom is -0.389 e. The lowest BCUT2D eigenvalue weighted by molar-refractivity contribution is 0.155. The zero-order valence-electron chi connectivity index (χ0n) is 13.2. The fraction of sp³-hybridized carbons (Fsp3) is 0.588. The molecule has 2 N–H and O–H groups in total. The Bertz CT molecular complexity index is 470. The molecule has 0 aliphatic heterocycles. The van der Waals surface area contributed by atoms with E-state index in [-0.39, 0.29) is 6.03 Å². The normalized spacial score (nSPS) is 23.4. The number of carbonyl (C=O) groups is 1. The minimum absolute atomic E-state index is 0.0569. The van der Waals surface area contributed by atoms with Crippen molar-refractivity contribution in [3.8, 4) is 0 Å². The Hall–Kier alpha value is -1.55. The Labute approximate surface area is 127 Å². The van der Waals surface area contributed by atoms with Gasteiger partial charge in [0.15, 0.2) is 0 Å². The van der Waals surface area contributed by atoms with E-state index in [2.05, 4.69) is 12.2 Å². The van der Waals surface area contributed by atoms with Crippen molar-refractivity contribution < 1.29 is 9.90 Å². The summed E-state index contributed by atoms with van der Waals surface area (Å²) in [7, 11) is 1.88. The van der Waals surface area contributed by atoms with Gasteiger partial charge in [0.25, 0.3) is 0 Å². The van der Waals surface area contributed by atoms with Crippen molar-refractivity contribution in [1.29, 1.82) is 0 Å². The van der Waals surface area contributed by atoms with Crippen molar-refractivity contribution in [2.45, 2.75) is 51.7 Å². The maximum Gasteiger partial charge on any atom is 0.321 e. The number of nitrogens with one attached hydrogen (secondary N) is 1. The number of nitrogens with zero attached hydrogens (tertiary/aromatic N) is 1. The van der Waals surface area contributed by atoms with Crippen LogP contribution >= 0.6 is 0 Å². The molecule has 116 valence electrons. The highest BCUT2D eigenvalue weighted by atomic mass is 16.3. The molecule has 0 heterocycles. The van der Waals surface area contributed by atoms with E-state index in [4.69, 9.17) is 0 Å². The fourth-order valence-corrected chi connectivity index (χ4v) is 3.08. The van der Waals surface area contributed by atoms with Gasteiger partial charge in [-0.15, -0.1) is 0 Å². The summed E-state index contributed by atoms with van der Waals surface area (Å²) in [5.41, 5.74) is 1.61. The van der Waals surface area contributed by atoms with Crippen LogP contribution in [0.15, 0.2) is 24.3 Å². The summed E-state index contributed by atoms with van der Waals surface area (Å²) in [4.78, 5) is 14.2. The van der Waals surface area contributed by atoms with Crippen molar-refractivity contribution in [2.75, 3.05) is 12.4 Å². The monoisotopic (exact) mass is 290 g/mol. The number of benzene rings is 1. The lowest BCUT2D eigenvalue weighted by Gasteiger charge is -2.36. The molecule has 2 amide bonds. The van der Waals surface area contributed by atoms with Crippen molar-refractivity contribution >= 4 is 11.7 Å². The molecule has 1 aromatic rings. The third kappa shape index (κ3) is 3.97. The SMILES string of the molecule is CC(O)c1ccc(NC(=O)N(C)C2CCCCC2C)cc1. The molecule has 4 nitrogen and oxygen atoms in total. The number of hydrogen-bond acceptors (Lipinski definition) is 2. The number of hydrogen-bond donors (Lipinski definition) is 2. The van der Waals surface area contributed by atoms with Crippen LogP contribution in [-0.4, -0.2) is 29.1 Å². The zero-order chi connectivity index (χ0) is 15.4. The van der Waals surface area contributed by atoms with Crippen LogP contribution in [0.1, 0.15) is 51.2 Å². The lowest BCUT2D eigenvalue weighted by atomic mass is 9.85. The Morgan fingerprint density at radius 1 is 1.29 bits per heavy atom. The Balaban J connectivity index is 1.96. The first-order valence-electron chi connectivity index (χ1n) is 7.81. The van der Waals surface area contributed by atoms with Crippen LogP contribution in [0, 0.1) is 5.92 Å². The number of aliphatic hydroxyl groups excluding tert-OH is 1. The molecule has 3 unspecified atom stereocenters. The maximum atomic E-state index is 12.3. The average molecular weight is 290 g/mol. The van der Waals surface area contributed by atoms with Crippen molar-refractivity contribution in [2.24, 2.45) is 5.92 Å². The second-order valence-electron chi connectivity index (χ2n) is 6.17. The third-order valence-corrected chi connectivity index (χ3v) is 4.53. The summed E-state index contributed by atoms with van der Waals surface area (Å²) in [5.74, 6) is 0.562. The summed E-state index contributed by atoms with van der Waals surface area (Å²) in [6.07, 6.45) is 4.28. The van der Waals surface area contributed by atoms with E-state index in [1.807, 2.05) is 36.2 Å². The van der Waals surface area contributed by atoms with Gasteiger partial charge >= 0.3 is 6.03 Å². The average Bonchev–Trinajstić information content (AvgIpc) is 2.47. The number of urea groups is 1. The summed E-state index contributed by atoms with van der Waals surface area (Å²) < 4.78 is 0. The van der Waals surface area contributed by atoms with Crippen molar-refractivity contribution in [1.82, 2.24) is 4.90 Å². The first kappa shape index (κ1) is 15.8. The predicted octanol–water partition coefficient (Wildman–Crippen LogP) is 3.78. The van der Waals surface area contributed by atoms with Gasteiger partial charge in [0.05, 0.1) is 6.10 Å². The van der Waals surface area contributed by atoms with E-state index in [9.17, 15) is 9.90 Å². The predicted molar refractivity (Wildman–Crippen MR) is 85.3 cm³/mol. The number of amides is 2. The summed E-state index contributed by atoms with van der Waals surface area (Å²) in [5, 5.41) is 12.4. The number of rotatable bonds is 3. The van der Waals surface area contributed by atoms with Gasteiger partial charge < -0.3 is 15.3 Å². The third-order valence-electron chi connectivity index (χ3n) is 4.53. The number of aliphatic hydroxyl groups is 1. The van der Waals surface area contributed by atoms with E-state index in [1.54, 1.807) is 6.92 Å². The summed E-state index contributed by atoms with van der Waals surface area (Å²) in [6.45, 7) is 3.96. The molecule has 1 saturated carbocycles. The van der Waals surface area contributed by atoms with Crippen LogP contribution < -0.4 is 5.32 Å². The molecular formula is C17H26N2O2. The largest absolute Gasteiger partial charge is 0.389 e. The topological polar surface area (TPSA) is 52.6 Å². The van der Waals surface area contributed by atoms with Gasteiger partial charge in [0, 0.05) is 18.8 Å². The molecule has 1 fully saturated rings. The molecule has 1 aromatic carbocycles. The van der Waals surface area contributed by atoms with E-state index in [1.165, 1.54) is 19.3 Å². The molecule has 0 aromatic heterocycles. The standard InChI is InChI=1S/C17H26N2O2/c1-12-6-4-5-7-16(12)19(3)17(21)18-15-10-8-14(9-11-15)13(2)20/h8-13,16,20H,4-7H2,1-3H3,(H,18,21). The Kier molecular flexibility index (Phi) is 5.23. The summed E-state index contributed by atoms with van der Waals surface area (Å²) >= 11 is 0.